The number of para-hydroxylation sites is 1. The lowest BCUT2D eigenvalue weighted by Gasteiger charge is -2.05. The quantitative estimate of drug-likeness (QED) is 0.860. The minimum absolute atomic E-state index is 0.382. The Hall–Kier alpha value is -1.48. The molecule has 3 nitrogen and oxygen atoms in total. The molecule has 1 aromatic heterocycles. The Labute approximate surface area is 101 Å². The van der Waals surface area contributed by atoms with Gasteiger partial charge in [-0.15, -0.1) is 0 Å². The molecular formula is C14H17NO2. The van der Waals surface area contributed by atoms with E-state index in [2.05, 4.69) is 0 Å². The smallest absolute Gasteiger partial charge is 0.169 e. The van der Waals surface area contributed by atoms with Crippen LogP contribution in [0.15, 0.2) is 28.7 Å². The van der Waals surface area contributed by atoms with Crippen molar-refractivity contribution in [3.8, 4) is 5.75 Å². The molecule has 0 aliphatic heterocycles. The summed E-state index contributed by atoms with van der Waals surface area (Å²) < 4.78 is 11.5. The number of nitrogens with two attached hydrogens (primary N) is 1. The molecule has 0 radical (unpaired) electrons. The molecule has 1 saturated carbocycles. The van der Waals surface area contributed by atoms with Crippen LogP contribution in [0.1, 0.15) is 25.0 Å². The second kappa shape index (κ2) is 4.41. The van der Waals surface area contributed by atoms with Gasteiger partial charge >= 0.3 is 0 Å². The summed E-state index contributed by atoms with van der Waals surface area (Å²) in [5.41, 5.74) is 6.54. The highest BCUT2D eigenvalue weighted by Gasteiger charge is 2.21. The highest BCUT2D eigenvalue weighted by Crippen LogP contribution is 2.35. The highest BCUT2D eigenvalue weighted by molar-refractivity contribution is 5.85. The second-order valence-electron chi connectivity index (χ2n) is 4.64. The van der Waals surface area contributed by atoms with Gasteiger partial charge in [-0.1, -0.05) is 25.0 Å². The van der Waals surface area contributed by atoms with Crippen LogP contribution in [-0.4, -0.2) is 6.61 Å². The number of hydrogen-bond acceptors (Lipinski definition) is 3. The number of rotatable bonds is 5. The van der Waals surface area contributed by atoms with Gasteiger partial charge in [-0.05, 0) is 24.5 Å². The van der Waals surface area contributed by atoms with Crippen LogP contribution in [0.2, 0.25) is 0 Å². The van der Waals surface area contributed by atoms with Crippen LogP contribution in [0.4, 0.5) is 0 Å². The van der Waals surface area contributed by atoms with Crippen LogP contribution in [0.3, 0.4) is 0 Å². The zero-order valence-electron chi connectivity index (χ0n) is 9.82. The van der Waals surface area contributed by atoms with Gasteiger partial charge in [0.25, 0.3) is 0 Å². The Morgan fingerprint density at radius 3 is 2.88 bits per heavy atom. The van der Waals surface area contributed by atoms with E-state index < -0.39 is 0 Å². The molecule has 0 amide bonds. The van der Waals surface area contributed by atoms with Gasteiger partial charge in [0.05, 0.1) is 18.5 Å². The van der Waals surface area contributed by atoms with E-state index in [1.54, 1.807) is 0 Å². The van der Waals surface area contributed by atoms with Gasteiger partial charge in [-0.2, -0.15) is 0 Å². The molecule has 1 fully saturated rings. The first-order chi connectivity index (χ1) is 8.38. The predicted molar refractivity (Wildman–Crippen MR) is 66.9 cm³/mol. The van der Waals surface area contributed by atoms with E-state index in [1.165, 1.54) is 12.8 Å². The van der Waals surface area contributed by atoms with E-state index in [9.17, 15) is 0 Å². The number of hydrogen-bond donors (Lipinski definition) is 1. The SMILES string of the molecule is NCc1oc2ccccc2c1OCCC1CC1. The molecule has 3 heteroatoms. The van der Waals surface area contributed by atoms with Crippen LogP contribution < -0.4 is 10.5 Å². The van der Waals surface area contributed by atoms with Crippen molar-refractivity contribution in [2.24, 2.45) is 11.7 Å². The molecule has 3 rings (SSSR count). The maximum atomic E-state index is 5.86. The van der Waals surface area contributed by atoms with Crippen molar-refractivity contribution < 1.29 is 9.15 Å². The zero-order valence-corrected chi connectivity index (χ0v) is 9.82. The lowest BCUT2D eigenvalue weighted by molar-refractivity contribution is 0.296. The fourth-order valence-corrected chi connectivity index (χ4v) is 2.10. The minimum atomic E-state index is 0.382. The van der Waals surface area contributed by atoms with Crippen LogP contribution in [0.5, 0.6) is 5.75 Å². The standard InChI is InChI=1S/C14H17NO2/c15-9-13-14(16-8-7-10-5-6-10)11-3-1-2-4-12(11)17-13/h1-4,10H,5-9,15H2. The fourth-order valence-electron chi connectivity index (χ4n) is 2.10. The summed E-state index contributed by atoms with van der Waals surface area (Å²) in [4.78, 5) is 0. The number of furan rings is 1. The third-order valence-corrected chi connectivity index (χ3v) is 3.27. The van der Waals surface area contributed by atoms with Crippen molar-refractivity contribution in [1.82, 2.24) is 0 Å². The summed E-state index contributed by atoms with van der Waals surface area (Å²) in [6.45, 7) is 1.15. The van der Waals surface area contributed by atoms with Crippen molar-refractivity contribution in [3.63, 3.8) is 0 Å². The Bertz CT molecular complexity index is 514. The van der Waals surface area contributed by atoms with Crippen LogP contribution in [0, 0.1) is 5.92 Å². The Kier molecular flexibility index (Phi) is 2.77. The average Bonchev–Trinajstić information content (AvgIpc) is 3.11. The molecule has 2 N–H and O–H groups in total. The Balaban J connectivity index is 1.83. The maximum Gasteiger partial charge on any atom is 0.169 e. The van der Waals surface area contributed by atoms with E-state index >= 15 is 0 Å². The van der Waals surface area contributed by atoms with E-state index in [1.807, 2.05) is 24.3 Å². The van der Waals surface area contributed by atoms with Crippen molar-refractivity contribution in [2.45, 2.75) is 25.8 Å². The van der Waals surface area contributed by atoms with E-state index in [0.717, 1.165) is 41.4 Å². The van der Waals surface area contributed by atoms with E-state index in [4.69, 9.17) is 14.9 Å². The van der Waals surface area contributed by atoms with E-state index in [0.29, 0.717) is 6.54 Å². The second-order valence-corrected chi connectivity index (χ2v) is 4.64. The summed E-state index contributed by atoms with van der Waals surface area (Å²) in [6.07, 6.45) is 3.86. The number of ether oxygens (including phenoxy) is 1. The monoisotopic (exact) mass is 231 g/mol. The van der Waals surface area contributed by atoms with Crippen molar-refractivity contribution in [2.75, 3.05) is 6.61 Å². The largest absolute Gasteiger partial charge is 0.489 e. The Morgan fingerprint density at radius 2 is 2.12 bits per heavy atom. The van der Waals surface area contributed by atoms with Gasteiger partial charge in [0.1, 0.15) is 5.58 Å². The average molecular weight is 231 g/mol. The topological polar surface area (TPSA) is 48.4 Å². The molecule has 0 saturated heterocycles. The predicted octanol–water partition coefficient (Wildman–Crippen LogP) is 3.07. The molecule has 1 aliphatic carbocycles. The molecule has 17 heavy (non-hydrogen) atoms. The molecule has 1 aromatic carbocycles. The van der Waals surface area contributed by atoms with Gasteiger partial charge in [-0.25, -0.2) is 0 Å². The normalized spacial score (nSPS) is 15.4. The third-order valence-electron chi connectivity index (χ3n) is 3.27. The van der Waals surface area contributed by atoms with Gasteiger partial charge in [-0.3, -0.25) is 0 Å². The first kappa shape index (κ1) is 10.7. The maximum absolute atomic E-state index is 5.86. The zero-order chi connectivity index (χ0) is 11.7. The first-order valence-electron chi connectivity index (χ1n) is 6.21. The van der Waals surface area contributed by atoms with E-state index in [-0.39, 0.29) is 0 Å². The van der Waals surface area contributed by atoms with Gasteiger partial charge in [0, 0.05) is 0 Å². The molecule has 0 spiro atoms. The molecule has 2 aromatic rings. The summed E-state index contributed by atoms with van der Waals surface area (Å²) in [7, 11) is 0. The lowest BCUT2D eigenvalue weighted by atomic mass is 10.2. The molecule has 1 aliphatic rings. The van der Waals surface area contributed by atoms with Crippen molar-refractivity contribution in [3.05, 3.63) is 30.0 Å². The summed E-state index contributed by atoms with van der Waals surface area (Å²) in [5.74, 6) is 2.47. The summed E-state index contributed by atoms with van der Waals surface area (Å²) in [5, 5.41) is 1.03. The molecule has 1 heterocycles. The number of benzene rings is 1. The highest BCUT2D eigenvalue weighted by atomic mass is 16.5. The number of fused-ring (bicyclic) bond motifs is 1. The molecule has 0 unspecified atom stereocenters. The first-order valence-corrected chi connectivity index (χ1v) is 6.21. The van der Waals surface area contributed by atoms with Gasteiger partial charge in [0.2, 0.25) is 0 Å². The lowest BCUT2D eigenvalue weighted by Crippen LogP contribution is -2.02. The minimum Gasteiger partial charge on any atom is -0.489 e. The molecular weight excluding hydrogens is 214 g/mol. The fraction of sp³-hybridized carbons (Fsp3) is 0.429. The molecule has 0 atom stereocenters. The van der Waals surface area contributed by atoms with Crippen LogP contribution in [-0.2, 0) is 6.54 Å². The third kappa shape index (κ3) is 2.15. The van der Waals surface area contributed by atoms with Crippen molar-refractivity contribution >= 4 is 11.0 Å². The van der Waals surface area contributed by atoms with Crippen LogP contribution in [0.25, 0.3) is 11.0 Å². The Morgan fingerprint density at radius 1 is 1.29 bits per heavy atom. The summed E-state index contributed by atoms with van der Waals surface area (Å²) >= 11 is 0. The summed E-state index contributed by atoms with van der Waals surface area (Å²) in [6, 6.07) is 7.92. The van der Waals surface area contributed by atoms with Crippen molar-refractivity contribution in [1.29, 1.82) is 0 Å². The molecule has 90 valence electrons. The van der Waals surface area contributed by atoms with Gasteiger partial charge in [0.15, 0.2) is 11.5 Å². The molecule has 0 bridgehead atoms. The van der Waals surface area contributed by atoms with Crippen LogP contribution >= 0.6 is 0 Å². The van der Waals surface area contributed by atoms with Gasteiger partial charge < -0.3 is 14.9 Å².